The lowest BCUT2D eigenvalue weighted by molar-refractivity contribution is -0.149. The summed E-state index contributed by atoms with van der Waals surface area (Å²) < 4.78 is 11.2. The third-order valence-electron chi connectivity index (χ3n) is 6.54. The number of rotatable bonds is 9. The molecule has 1 aromatic rings. The molecule has 0 saturated heterocycles. The predicted octanol–water partition coefficient (Wildman–Crippen LogP) is 4.85. The van der Waals surface area contributed by atoms with Crippen LogP contribution in [0.2, 0.25) is 0 Å². The number of methoxy groups -OCH3 is 1. The summed E-state index contributed by atoms with van der Waals surface area (Å²) in [6.45, 7) is 10.5. The van der Waals surface area contributed by atoms with Crippen LogP contribution < -0.4 is 16.2 Å². The molecule has 5 heteroatoms. The molecule has 1 aliphatic rings. The van der Waals surface area contributed by atoms with Crippen LogP contribution in [0.25, 0.3) is 5.70 Å². The van der Waals surface area contributed by atoms with E-state index in [0.717, 1.165) is 66.7 Å². The molecule has 0 spiro atoms. The number of benzene rings is 1. The Labute approximate surface area is 181 Å². The first-order valence-corrected chi connectivity index (χ1v) is 11.0. The average Bonchev–Trinajstić information content (AvgIpc) is 2.77. The van der Waals surface area contributed by atoms with E-state index in [2.05, 4.69) is 13.5 Å². The van der Waals surface area contributed by atoms with E-state index >= 15 is 0 Å². The molecule has 0 radical (unpaired) electrons. The van der Waals surface area contributed by atoms with E-state index in [1.54, 1.807) is 0 Å². The number of allylic oxidation sites excluding steroid dienone is 2. The summed E-state index contributed by atoms with van der Waals surface area (Å²) in [5.41, 5.74) is 17.2. The van der Waals surface area contributed by atoms with Crippen molar-refractivity contribution in [2.75, 3.05) is 13.7 Å². The Bertz CT molecular complexity index is 785. The average molecular weight is 415 g/mol. The summed E-state index contributed by atoms with van der Waals surface area (Å²) in [5.74, 6) is 1.03. The number of carbonyl (C=O) groups excluding carboxylic acids is 1. The topological polar surface area (TPSA) is 87.6 Å². The summed E-state index contributed by atoms with van der Waals surface area (Å²) in [6.07, 6.45) is 7.81. The minimum absolute atomic E-state index is 0.0696. The minimum atomic E-state index is -0.120. The van der Waals surface area contributed by atoms with Crippen LogP contribution in [0.5, 0.6) is 5.75 Å². The Balaban J connectivity index is 2.16. The number of esters is 1. The van der Waals surface area contributed by atoms with Crippen molar-refractivity contribution in [3.63, 3.8) is 0 Å². The quantitative estimate of drug-likeness (QED) is 0.445. The Morgan fingerprint density at radius 1 is 1.23 bits per heavy atom. The summed E-state index contributed by atoms with van der Waals surface area (Å²) in [5, 5.41) is 0. The van der Waals surface area contributed by atoms with Gasteiger partial charge in [0.25, 0.3) is 0 Å². The molecule has 3 atom stereocenters. The van der Waals surface area contributed by atoms with E-state index in [4.69, 9.17) is 20.9 Å². The third-order valence-corrected chi connectivity index (χ3v) is 6.54. The number of nitrogens with two attached hydrogens (primary N) is 2. The second kappa shape index (κ2) is 11.1. The van der Waals surface area contributed by atoms with Gasteiger partial charge in [-0.3, -0.25) is 4.79 Å². The molecule has 1 unspecified atom stereocenters. The maximum atomic E-state index is 12.1. The van der Waals surface area contributed by atoms with E-state index in [1.165, 1.54) is 7.11 Å². The van der Waals surface area contributed by atoms with Crippen LogP contribution in [-0.4, -0.2) is 19.7 Å². The highest BCUT2D eigenvalue weighted by molar-refractivity contribution is 5.73. The van der Waals surface area contributed by atoms with Gasteiger partial charge in [0.05, 0.1) is 25.3 Å². The van der Waals surface area contributed by atoms with E-state index in [0.29, 0.717) is 12.3 Å². The lowest BCUT2D eigenvalue weighted by Crippen LogP contribution is -2.32. The molecule has 0 bridgehead atoms. The second-order valence-corrected chi connectivity index (χ2v) is 8.48. The largest absolute Gasteiger partial charge is 0.493 e. The Hall–Kier alpha value is -2.43. The molecule has 0 amide bonds. The molecule has 0 heterocycles. The van der Waals surface area contributed by atoms with E-state index in [-0.39, 0.29) is 23.7 Å². The van der Waals surface area contributed by atoms with Gasteiger partial charge in [-0.1, -0.05) is 25.8 Å². The van der Waals surface area contributed by atoms with Crippen molar-refractivity contribution in [2.24, 2.45) is 29.2 Å². The first kappa shape index (κ1) is 23.8. The number of carbonyl (C=O) groups is 1. The molecule has 0 aliphatic heterocycles. The molecule has 30 heavy (non-hydrogen) atoms. The van der Waals surface area contributed by atoms with Crippen molar-refractivity contribution in [3.05, 3.63) is 47.2 Å². The van der Waals surface area contributed by atoms with Gasteiger partial charge in [0, 0.05) is 17.2 Å². The lowest BCUT2D eigenvalue weighted by atomic mass is 9.79. The van der Waals surface area contributed by atoms with E-state index < -0.39 is 0 Å². The highest BCUT2D eigenvalue weighted by atomic mass is 16.5. The van der Waals surface area contributed by atoms with Crippen LogP contribution in [0.3, 0.4) is 0 Å². The van der Waals surface area contributed by atoms with Gasteiger partial charge in [-0.25, -0.2) is 0 Å². The smallest absolute Gasteiger partial charge is 0.309 e. The van der Waals surface area contributed by atoms with Gasteiger partial charge >= 0.3 is 5.97 Å². The summed E-state index contributed by atoms with van der Waals surface area (Å²) in [4.78, 5) is 12.1. The van der Waals surface area contributed by atoms with Crippen LogP contribution >= 0.6 is 0 Å². The van der Waals surface area contributed by atoms with Crippen LogP contribution in [0, 0.1) is 31.6 Å². The van der Waals surface area contributed by atoms with Crippen molar-refractivity contribution < 1.29 is 14.3 Å². The van der Waals surface area contributed by atoms with Crippen molar-refractivity contribution >= 4 is 11.7 Å². The normalized spacial score (nSPS) is 20.8. The van der Waals surface area contributed by atoms with Crippen LogP contribution in [0.15, 0.2) is 30.5 Å². The maximum absolute atomic E-state index is 12.1. The minimum Gasteiger partial charge on any atom is -0.493 e. The van der Waals surface area contributed by atoms with Gasteiger partial charge in [-0.2, -0.15) is 0 Å². The number of hydrogen-bond acceptors (Lipinski definition) is 5. The molecule has 2 rings (SSSR count). The summed E-state index contributed by atoms with van der Waals surface area (Å²) in [6, 6.07) is 3.95. The molecule has 1 aromatic carbocycles. The van der Waals surface area contributed by atoms with Gasteiger partial charge in [0.1, 0.15) is 5.75 Å². The predicted molar refractivity (Wildman–Crippen MR) is 123 cm³/mol. The summed E-state index contributed by atoms with van der Waals surface area (Å²) in [7, 11) is 1.46. The first-order chi connectivity index (χ1) is 14.3. The number of hydrogen-bond donors (Lipinski definition) is 2. The Kier molecular flexibility index (Phi) is 8.82. The van der Waals surface area contributed by atoms with Crippen molar-refractivity contribution in [1.29, 1.82) is 0 Å². The molecule has 0 aromatic heterocycles. The van der Waals surface area contributed by atoms with Gasteiger partial charge < -0.3 is 20.9 Å². The van der Waals surface area contributed by atoms with Crippen LogP contribution in [0.1, 0.15) is 62.1 Å². The van der Waals surface area contributed by atoms with Crippen molar-refractivity contribution in [1.82, 2.24) is 0 Å². The van der Waals surface area contributed by atoms with Gasteiger partial charge in [-0.05, 0) is 68.7 Å². The zero-order valence-corrected chi connectivity index (χ0v) is 19.0. The fraction of sp³-hybridized carbons (Fsp3) is 0.560. The lowest BCUT2D eigenvalue weighted by Gasteiger charge is -2.29. The molecule has 1 saturated carbocycles. The molecular weight excluding hydrogens is 376 g/mol. The van der Waals surface area contributed by atoms with Crippen LogP contribution in [-0.2, 0) is 9.53 Å². The van der Waals surface area contributed by atoms with Gasteiger partial charge in [-0.15, -0.1) is 6.58 Å². The Morgan fingerprint density at radius 2 is 1.93 bits per heavy atom. The maximum Gasteiger partial charge on any atom is 0.309 e. The Morgan fingerprint density at radius 3 is 2.60 bits per heavy atom. The SMILES string of the molecule is C=CCCC(C)/C(N)=C(\N)c1ccc(OC[C@H]2CCCC[C@@H]2C(=O)OC)c(C)c1C. The molecule has 1 aliphatic carbocycles. The second-order valence-electron chi connectivity index (χ2n) is 8.48. The molecular formula is C25H38N2O3. The van der Waals surface area contributed by atoms with Gasteiger partial charge in [0.15, 0.2) is 0 Å². The van der Waals surface area contributed by atoms with Crippen LogP contribution in [0.4, 0.5) is 0 Å². The fourth-order valence-corrected chi connectivity index (χ4v) is 4.25. The molecule has 4 N–H and O–H groups in total. The zero-order valence-electron chi connectivity index (χ0n) is 19.0. The fourth-order valence-electron chi connectivity index (χ4n) is 4.25. The standard InChI is InChI=1S/C25H38N2O3/c1-6-7-10-16(2)23(26)24(27)20-13-14-22(18(4)17(20)3)30-15-19-11-8-9-12-21(19)25(28)29-5/h6,13-14,16,19,21H,1,7-12,15,26-27H2,2-5H3/b24-23+/t16?,19-,21+/m1/s1. The zero-order chi connectivity index (χ0) is 22.3. The molecule has 166 valence electrons. The monoisotopic (exact) mass is 414 g/mol. The van der Waals surface area contributed by atoms with Gasteiger partial charge in [0.2, 0.25) is 0 Å². The molecule has 1 fully saturated rings. The highest BCUT2D eigenvalue weighted by Gasteiger charge is 2.32. The first-order valence-electron chi connectivity index (χ1n) is 11.0. The van der Waals surface area contributed by atoms with E-state index in [1.807, 2.05) is 32.1 Å². The van der Waals surface area contributed by atoms with E-state index in [9.17, 15) is 4.79 Å². The van der Waals surface area contributed by atoms with Crippen molar-refractivity contribution in [3.8, 4) is 5.75 Å². The third kappa shape index (κ3) is 5.59. The molecule has 5 nitrogen and oxygen atoms in total. The van der Waals surface area contributed by atoms with Crippen molar-refractivity contribution in [2.45, 2.75) is 59.3 Å². The highest BCUT2D eigenvalue weighted by Crippen LogP contribution is 2.33. The summed E-state index contributed by atoms with van der Waals surface area (Å²) >= 11 is 0. The number of ether oxygens (including phenoxy) is 2.